The minimum absolute atomic E-state index is 0.663. The van der Waals surface area contributed by atoms with Gasteiger partial charge in [-0.1, -0.05) is 27.5 Å². The van der Waals surface area contributed by atoms with Gasteiger partial charge in [0.25, 0.3) is 0 Å². The highest BCUT2D eigenvalue weighted by atomic mass is 79.9. The van der Waals surface area contributed by atoms with Crippen LogP contribution in [0.15, 0.2) is 22.7 Å². The van der Waals surface area contributed by atoms with Crippen LogP contribution in [-0.2, 0) is 0 Å². The molecule has 0 unspecified atom stereocenters. The number of halogens is 2. The third-order valence-corrected chi connectivity index (χ3v) is 3.01. The van der Waals surface area contributed by atoms with E-state index in [1.165, 1.54) is 0 Å². The van der Waals surface area contributed by atoms with Crippen molar-refractivity contribution in [1.82, 2.24) is 4.98 Å². The number of aryl methyl sites for hydroxylation is 1. The van der Waals surface area contributed by atoms with Crippen molar-refractivity contribution in [3.8, 4) is 0 Å². The summed E-state index contributed by atoms with van der Waals surface area (Å²) in [6.07, 6.45) is 0. The highest BCUT2D eigenvalue weighted by Gasteiger charge is 2.06. The minimum atomic E-state index is 0.663. The number of hydrogen-bond donors (Lipinski definition) is 1. The number of nitrogens with zero attached hydrogens (tertiary/aromatic N) is 1. The van der Waals surface area contributed by atoms with Crippen LogP contribution in [0.3, 0.4) is 0 Å². The lowest BCUT2D eigenvalue weighted by Gasteiger charge is -2.07. The van der Waals surface area contributed by atoms with Crippen molar-refractivity contribution in [1.29, 1.82) is 0 Å². The van der Waals surface area contributed by atoms with Gasteiger partial charge in [-0.05, 0) is 30.7 Å². The molecule has 1 aromatic carbocycles. The molecule has 0 aliphatic carbocycles. The van der Waals surface area contributed by atoms with Crippen molar-refractivity contribution >= 4 is 44.3 Å². The average molecular weight is 286 g/mol. The molecule has 2 rings (SSSR count). The summed E-state index contributed by atoms with van der Waals surface area (Å²) in [7, 11) is 1.86. The highest BCUT2D eigenvalue weighted by molar-refractivity contribution is 9.10. The molecule has 1 aromatic heterocycles. The van der Waals surface area contributed by atoms with Crippen LogP contribution in [0.4, 0.5) is 5.82 Å². The summed E-state index contributed by atoms with van der Waals surface area (Å²) < 4.78 is 0.971. The van der Waals surface area contributed by atoms with Crippen LogP contribution in [0.1, 0.15) is 5.56 Å². The Hall–Kier alpha value is -0.800. The predicted octanol–water partition coefficient (Wildman–Crippen LogP) is 4.00. The molecule has 0 saturated carbocycles. The number of rotatable bonds is 1. The van der Waals surface area contributed by atoms with Gasteiger partial charge >= 0.3 is 0 Å². The number of fused-ring (bicyclic) bond motifs is 1. The van der Waals surface area contributed by atoms with E-state index in [2.05, 4.69) is 32.3 Å². The van der Waals surface area contributed by atoms with Crippen LogP contribution in [0, 0.1) is 6.92 Å². The number of hydrogen-bond acceptors (Lipinski definition) is 2. The molecule has 1 heterocycles. The molecule has 2 aromatic rings. The van der Waals surface area contributed by atoms with Gasteiger partial charge in [-0.15, -0.1) is 0 Å². The molecule has 0 saturated heterocycles. The number of anilines is 1. The van der Waals surface area contributed by atoms with Crippen molar-refractivity contribution in [2.24, 2.45) is 0 Å². The third-order valence-electron chi connectivity index (χ3n) is 2.26. The summed E-state index contributed by atoms with van der Waals surface area (Å²) in [5.74, 6) is 0.867. The lowest BCUT2D eigenvalue weighted by molar-refractivity contribution is 1.29. The zero-order chi connectivity index (χ0) is 11.0. The van der Waals surface area contributed by atoms with Crippen LogP contribution in [0.25, 0.3) is 10.9 Å². The van der Waals surface area contributed by atoms with Gasteiger partial charge in [0.1, 0.15) is 5.82 Å². The quantitative estimate of drug-likeness (QED) is 0.856. The number of pyridine rings is 1. The summed E-state index contributed by atoms with van der Waals surface area (Å²) in [6.45, 7) is 2.02. The molecule has 0 amide bonds. The monoisotopic (exact) mass is 284 g/mol. The van der Waals surface area contributed by atoms with E-state index in [9.17, 15) is 0 Å². The average Bonchev–Trinajstić information content (AvgIpc) is 2.16. The van der Waals surface area contributed by atoms with Crippen LogP contribution in [0.2, 0.25) is 5.02 Å². The molecule has 2 nitrogen and oxygen atoms in total. The first-order valence-corrected chi connectivity index (χ1v) is 5.73. The van der Waals surface area contributed by atoms with Gasteiger partial charge in [-0.25, -0.2) is 4.98 Å². The first-order chi connectivity index (χ1) is 7.11. The van der Waals surface area contributed by atoms with Gasteiger partial charge in [0.15, 0.2) is 0 Å². The van der Waals surface area contributed by atoms with Crippen molar-refractivity contribution in [2.45, 2.75) is 6.92 Å². The molecule has 15 heavy (non-hydrogen) atoms. The molecule has 0 fully saturated rings. The fourth-order valence-electron chi connectivity index (χ4n) is 1.57. The zero-order valence-electron chi connectivity index (χ0n) is 8.44. The van der Waals surface area contributed by atoms with Crippen LogP contribution in [-0.4, -0.2) is 12.0 Å². The fraction of sp³-hybridized carbons (Fsp3) is 0.182. The molecule has 0 spiro atoms. The largest absolute Gasteiger partial charge is 0.373 e. The van der Waals surface area contributed by atoms with E-state index in [1.807, 2.05) is 26.1 Å². The Balaban J connectivity index is 2.81. The highest BCUT2D eigenvalue weighted by Crippen LogP contribution is 2.29. The van der Waals surface area contributed by atoms with Crippen molar-refractivity contribution in [3.63, 3.8) is 0 Å². The van der Waals surface area contributed by atoms with E-state index in [1.54, 1.807) is 0 Å². The Labute approximate surface area is 102 Å². The molecule has 4 heteroatoms. The normalized spacial score (nSPS) is 10.7. The first kappa shape index (κ1) is 10.7. The van der Waals surface area contributed by atoms with Crippen LogP contribution >= 0.6 is 27.5 Å². The Morgan fingerprint density at radius 2 is 2.07 bits per heavy atom. The first-order valence-electron chi connectivity index (χ1n) is 4.56. The van der Waals surface area contributed by atoms with E-state index in [4.69, 9.17) is 11.6 Å². The Kier molecular flexibility index (Phi) is 2.85. The standard InChI is InChI=1S/C11H10BrClN2/c1-6-3-7-4-8(12)5-9(13)10(7)15-11(6)14-2/h3-5H,1-2H3,(H,14,15). The maximum Gasteiger partial charge on any atom is 0.129 e. The van der Waals surface area contributed by atoms with Crippen molar-refractivity contribution in [2.75, 3.05) is 12.4 Å². The number of nitrogens with one attached hydrogen (secondary N) is 1. The molecule has 0 bridgehead atoms. The third kappa shape index (κ3) is 1.94. The van der Waals surface area contributed by atoms with Gasteiger partial charge in [-0.3, -0.25) is 0 Å². The molecule has 0 aliphatic heterocycles. The molecular weight excluding hydrogens is 275 g/mol. The van der Waals surface area contributed by atoms with E-state index < -0.39 is 0 Å². The molecular formula is C11H10BrClN2. The second kappa shape index (κ2) is 3.99. The molecule has 78 valence electrons. The second-order valence-corrected chi connectivity index (χ2v) is 4.69. The van der Waals surface area contributed by atoms with E-state index in [0.717, 1.165) is 26.8 Å². The maximum atomic E-state index is 6.12. The lowest BCUT2D eigenvalue weighted by Crippen LogP contribution is -1.96. The predicted molar refractivity (Wildman–Crippen MR) is 68.7 cm³/mol. The topological polar surface area (TPSA) is 24.9 Å². The second-order valence-electron chi connectivity index (χ2n) is 3.36. The summed E-state index contributed by atoms with van der Waals surface area (Å²) >= 11 is 9.54. The summed E-state index contributed by atoms with van der Waals surface area (Å²) in [5, 5.41) is 4.76. The molecule has 0 radical (unpaired) electrons. The van der Waals surface area contributed by atoms with Gasteiger partial charge in [0.05, 0.1) is 10.5 Å². The van der Waals surface area contributed by atoms with Gasteiger partial charge in [0, 0.05) is 16.9 Å². The van der Waals surface area contributed by atoms with Gasteiger partial charge < -0.3 is 5.32 Å². The van der Waals surface area contributed by atoms with Crippen LogP contribution < -0.4 is 5.32 Å². The molecule has 1 N–H and O–H groups in total. The zero-order valence-corrected chi connectivity index (χ0v) is 10.8. The summed E-state index contributed by atoms with van der Waals surface area (Å²) in [5.41, 5.74) is 1.94. The Morgan fingerprint density at radius 1 is 1.33 bits per heavy atom. The van der Waals surface area contributed by atoms with Crippen molar-refractivity contribution in [3.05, 3.63) is 33.3 Å². The fourth-order valence-corrected chi connectivity index (χ4v) is 2.44. The maximum absolute atomic E-state index is 6.12. The number of benzene rings is 1. The smallest absolute Gasteiger partial charge is 0.129 e. The van der Waals surface area contributed by atoms with Gasteiger partial charge in [-0.2, -0.15) is 0 Å². The van der Waals surface area contributed by atoms with E-state index in [-0.39, 0.29) is 0 Å². The molecule has 0 atom stereocenters. The van der Waals surface area contributed by atoms with Gasteiger partial charge in [0.2, 0.25) is 0 Å². The minimum Gasteiger partial charge on any atom is -0.373 e. The number of aromatic nitrogens is 1. The summed E-state index contributed by atoms with van der Waals surface area (Å²) in [4.78, 5) is 4.47. The van der Waals surface area contributed by atoms with Crippen molar-refractivity contribution < 1.29 is 0 Å². The van der Waals surface area contributed by atoms with Crippen LogP contribution in [0.5, 0.6) is 0 Å². The Bertz CT molecular complexity index is 525. The molecule has 0 aliphatic rings. The van der Waals surface area contributed by atoms with E-state index >= 15 is 0 Å². The Morgan fingerprint density at radius 3 is 2.73 bits per heavy atom. The SMILES string of the molecule is CNc1nc2c(Cl)cc(Br)cc2cc1C. The summed E-state index contributed by atoms with van der Waals surface area (Å²) in [6, 6.07) is 5.94. The van der Waals surface area contributed by atoms with E-state index in [0.29, 0.717) is 5.02 Å². The lowest BCUT2D eigenvalue weighted by atomic mass is 10.1.